The third-order valence-electron chi connectivity index (χ3n) is 2.37. The van der Waals surface area contributed by atoms with E-state index in [2.05, 4.69) is 28.4 Å². The van der Waals surface area contributed by atoms with E-state index in [1.807, 2.05) is 18.2 Å². The fourth-order valence-electron chi connectivity index (χ4n) is 1.56. The van der Waals surface area contributed by atoms with Gasteiger partial charge in [0.05, 0.1) is 16.7 Å². The first-order valence-electron chi connectivity index (χ1n) is 5.75. The monoisotopic (exact) mass is 238 g/mol. The van der Waals surface area contributed by atoms with Crippen LogP contribution in [0.25, 0.3) is 11.0 Å². The number of aliphatic hydroxyl groups is 1. The van der Waals surface area contributed by atoms with E-state index < -0.39 is 6.10 Å². The number of nitrogens with zero attached hydrogens (tertiary/aromatic N) is 2. The Labute approximate surface area is 106 Å². The number of aliphatic hydroxyl groups excluding tert-OH is 1. The molecule has 0 bridgehead atoms. The molecule has 0 aliphatic rings. The van der Waals surface area contributed by atoms with Crippen LogP contribution in [0.1, 0.15) is 18.2 Å². The Bertz CT molecular complexity index is 636. The Balaban J connectivity index is 2.39. The van der Waals surface area contributed by atoms with E-state index in [1.54, 1.807) is 19.2 Å². The second-order valence-electron chi connectivity index (χ2n) is 4.00. The lowest BCUT2D eigenvalue weighted by atomic mass is 10.2. The summed E-state index contributed by atoms with van der Waals surface area (Å²) in [6.07, 6.45) is 3.64. The molecule has 0 amide bonds. The van der Waals surface area contributed by atoms with Crippen molar-refractivity contribution < 1.29 is 5.11 Å². The maximum absolute atomic E-state index is 9.11. The van der Waals surface area contributed by atoms with Crippen molar-refractivity contribution in [1.82, 2.24) is 9.97 Å². The smallest absolute Gasteiger partial charge is 0.112 e. The summed E-state index contributed by atoms with van der Waals surface area (Å²) in [4.78, 5) is 8.82. The fourth-order valence-corrected chi connectivity index (χ4v) is 1.56. The number of fused-ring (bicyclic) bond motifs is 1. The number of hydrogen-bond donors (Lipinski definition) is 1. The third-order valence-corrected chi connectivity index (χ3v) is 2.37. The molecule has 90 valence electrons. The molecule has 3 nitrogen and oxygen atoms in total. The van der Waals surface area contributed by atoms with Crippen LogP contribution in [0.5, 0.6) is 0 Å². The van der Waals surface area contributed by atoms with Gasteiger partial charge in [0.1, 0.15) is 6.10 Å². The molecule has 3 heteroatoms. The molecule has 18 heavy (non-hydrogen) atoms. The molecule has 0 radical (unpaired) electrons. The molecule has 0 aliphatic carbocycles. The predicted molar refractivity (Wildman–Crippen MR) is 72.0 cm³/mol. The number of aromatic nitrogens is 2. The SMILES string of the molecule is C=CCc1cnc2cc(C#CC(C)O)ccc2n1. The standard InChI is InChI=1S/C15H14N2O/c1-3-4-13-10-16-15-9-12(6-5-11(2)18)7-8-14(15)17-13/h3,7-11,18H,1,4H2,2H3. The van der Waals surface area contributed by atoms with Gasteiger partial charge in [0, 0.05) is 18.2 Å². The van der Waals surface area contributed by atoms with Crippen molar-refractivity contribution >= 4 is 11.0 Å². The van der Waals surface area contributed by atoms with Gasteiger partial charge >= 0.3 is 0 Å². The highest BCUT2D eigenvalue weighted by Gasteiger charge is 1.99. The Morgan fingerprint density at radius 2 is 2.28 bits per heavy atom. The largest absolute Gasteiger partial charge is 0.381 e. The van der Waals surface area contributed by atoms with Crippen LogP contribution in [-0.4, -0.2) is 21.2 Å². The molecule has 0 spiro atoms. The van der Waals surface area contributed by atoms with Crippen LogP contribution in [0.2, 0.25) is 0 Å². The van der Waals surface area contributed by atoms with E-state index in [9.17, 15) is 0 Å². The van der Waals surface area contributed by atoms with Crippen LogP contribution in [0.3, 0.4) is 0 Å². The molecule has 0 aliphatic heterocycles. The molecule has 1 aromatic heterocycles. The molecule has 2 rings (SSSR count). The number of benzene rings is 1. The van der Waals surface area contributed by atoms with Crippen molar-refractivity contribution in [2.75, 3.05) is 0 Å². The Kier molecular flexibility index (Phi) is 3.71. The summed E-state index contributed by atoms with van der Waals surface area (Å²) in [5.74, 6) is 5.59. The van der Waals surface area contributed by atoms with Crippen LogP contribution in [0.4, 0.5) is 0 Å². The first kappa shape index (κ1) is 12.3. The molecular formula is C15H14N2O. The highest BCUT2D eigenvalue weighted by atomic mass is 16.3. The summed E-state index contributed by atoms with van der Waals surface area (Å²) in [6.45, 7) is 5.32. The molecule has 1 unspecified atom stereocenters. The zero-order valence-corrected chi connectivity index (χ0v) is 10.2. The number of rotatable bonds is 2. The lowest BCUT2D eigenvalue weighted by molar-refractivity contribution is 0.253. The summed E-state index contributed by atoms with van der Waals surface area (Å²) < 4.78 is 0. The first-order chi connectivity index (χ1) is 8.69. The molecule has 1 N–H and O–H groups in total. The lowest BCUT2D eigenvalue weighted by Gasteiger charge is -2.00. The van der Waals surface area contributed by atoms with Gasteiger partial charge < -0.3 is 5.11 Å². The summed E-state index contributed by atoms with van der Waals surface area (Å²) in [6, 6.07) is 5.64. The fraction of sp³-hybridized carbons (Fsp3) is 0.200. The topological polar surface area (TPSA) is 46.0 Å². The van der Waals surface area contributed by atoms with Crippen LogP contribution in [-0.2, 0) is 6.42 Å². The minimum absolute atomic E-state index is 0.623. The first-order valence-corrected chi connectivity index (χ1v) is 5.75. The Morgan fingerprint density at radius 3 is 3.00 bits per heavy atom. The molecule has 1 aromatic carbocycles. The van der Waals surface area contributed by atoms with E-state index in [4.69, 9.17) is 5.11 Å². The van der Waals surface area contributed by atoms with Crippen LogP contribution >= 0.6 is 0 Å². The van der Waals surface area contributed by atoms with Crippen molar-refractivity contribution in [3.8, 4) is 11.8 Å². The Hall–Kier alpha value is -2.18. The minimum atomic E-state index is -0.623. The highest BCUT2D eigenvalue weighted by molar-refractivity contribution is 5.75. The molecular weight excluding hydrogens is 224 g/mol. The minimum Gasteiger partial charge on any atom is -0.381 e. The van der Waals surface area contributed by atoms with Crippen molar-refractivity contribution in [2.45, 2.75) is 19.4 Å². The van der Waals surface area contributed by atoms with Gasteiger partial charge in [-0.2, -0.15) is 0 Å². The normalized spacial score (nSPS) is 11.7. The molecule has 1 heterocycles. The van der Waals surface area contributed by atoms with Gasteiger partial charge in [-0.3, -0.25) is 4.98 Å². The number of hydrogen-bond acceptors (Lipinski definition) is 3. The van der Waals surface area contributed by atoms with Crippen molar-refractivity contribution in [3.05, 3.63) is 48.3 Å². The van der Waals surface area contributed by atoms with Gasteiger partial charge in [0.25, 0.3) is 0 Å². The summed E-state index contributed by atoms with van der Waals surface area (Å²) in [5.41, 5.74) is 3.38. The van der Waals surface area contributed by atoms with Gasteiger partial charge in [-0.25, -0.2) is 4.98 Å². The van der Waals surface area contributed by atoms with E-state index in [0.29, 0.717) is 6.42 Å². The summed E-state index contributed by atoms with van der Waals surface area (Å²) in [5, 5.41) is 9.11. The number of allylic oxidation sites excluding steroid dienone is 1. The van der Waals surface area contributed by atoms with E-state index in [0.717, 1.165) is 22.3 Å². The van der Waals surface area contributed by atoms with Gasteiger partial charge in [0.2, 0.25) is 0 Å². The zero-order chi connectivity index (χ0) is 13.0. The zero-order valence-electron chi connectivity index (χ0n) is 10.2. The van der Waals surface area contributed by atoms with Crippen LogP contribution in [0, 0.1) is 11.8 Å². The summed E-state index contributed by atoms with van der Waals surface area (Å²) in [7, 11) is 0. The van der Waals surface area contributed by atoms with E-state index in [-0.39, 0.29) is 0 Å². The highest BCUT2D eigenvalue weighted by Crippen LogP contribution is 2.12. The molecule has 1 atom stereocenters. The molecule has 2 aromatic rings. The van der Waals surface area contributed by atoms with Crippen molar-refractivity contribution in [1.29, 1.82) is 0 Å². The van der Waals surface area contributed by atoms with E-state index in [1.165, 1.54) is 0 Å². The van der Waals surface area contributed by atoms with Crippen molar-refractivity contribution in [3.63, 3.8) is 0 Å². The summed E-state index contributed by atoms with van der Waals surface area (Å²) >= 11 is 0. The maximum atomic E-state index is 9.11. The lowest BCUT2D eigenvalue weighted by Crippen LogP contribution is -1.94. The second-order valence-corrected chi connectivity index (χ2v) is 4.00. The van der Waals surface area contributed by atoms with Crippen LogP contribution < -0.4 is 0 Å². The van der Waals surface area contributed by atoms with Crippen molar-refractivity contribution in [2.24, 2.45) is 0 Å². The second kappa shape index (κ2) is 5.44. The quantitative estimate of drug-likeness (QED) is 0.643. The van der Waals surface area contributed by atoms with Gasteiger partial charge in [-0.15, -0.1) is 6.58 Å². The average Bonchev–Trinajstić information content (AvgIpc) is 2.36. The maximum Gasteiger partial charge on any atom is 0.112 e. The molecule has 0 fully saturated rings. The van der Waals surface area contributed by atoms with Gasteiger partial charge in [-0.05, 0) is 25.1 Å². The van der Waals surface area contributed by atoms with E-state index >= 15 is 0 Å². The van der Waals surface area contributed by atoms with Crippen LogP contribution in [0.15, 0.2) is 37.1 Å². The molecule has 0 saturated carbocycles. The average molecular weight is 238 g/mol. The molecule has 0 saturated heterocycles. The predicted octanol–water partition coefficient (Wildman–Crippen LogP) is 2.09. The third kappa shape index (κ3) is 2.93. The van der Waals surface area contributed by atoms with Gasteiger partial charge in [-0.1, -0.05) is 17.9 Å². The Morgan fingerprint density at radius 1 is 1.44 bits per heavy atom. The van der Waals surface area contributed by atoms with Gasteiger partial charge in [0.15, 0.2) is 0 Å².